The minimum Gasteiger partial charge on any atom is -0.399 e. The third kappa shape index (κ3) is 2.35. The summed E-state index contributed by atoms with van der Waals surface area (Å²) in [7, 11) is 0. The Bertz CT molecular complexity index is 753. The van der Waals surface area contributed by atoms with Gasteiger partial charge in [0.05, 0.1) is 15.6 Å². The van der Waals surface area contributed by atoms with Gasteiger partial charge in [-0.2, -0.15) is 4.98 Å². The number of halogens is 2. The normalized spacial score (nSPS) is 10.7. The third-order valence-electron chi connectivity index (χ3n) is 2.78. The maximum atomic E-state index is 6.13. The van der Waals surface area contributed by atoms with Crippen molar-refractivity contribution in [2.75, 3.05) is 5.73 Å². The van der Waals surface area contributed by atoms with Gasteiger partial charge in [0.15, 0.2) is 0 Å². The molecular formula is C14H9Cl2N3O. The zero-order chi connectivity index (χ0) is 14.1. The summed E-state index contributed by atoms with van der Waals surface area (Å²) in [5.74, 6) is 0.792. The molecule has 0 aliphatic rings. The SMILES string of the molecule is Nc1ccc(-c2noc(-c3cccc(Cl)c3Cl)n2)cc1. The van der Waals surface area contributed by atoms with Crippen LogP contribution in [-0.2, 0) is 0 Å². The molecule has 1 aromatic heterocycles. The van der Waals surface area contributed by atoms with Gasteiger partial charge in [0, 0.05) is 11.3 Å². The fourth-order valence-electron chi connectivity index (χ4n) is 1.75. The molecular weight excluding hydrogens is 297 g/mol. The lowest BCUT2D eigenvalue weighted by Crippen LogP contribution is -1.85. The van der Waals surface area contributed by atoms with Crippen LogP contribution in [-0.4, -0.2) is 10.1 Å². The van der Waals surface area contributed by atoms with Gasteiger partial charge in [0.25, 0.3) is 5.89 Å². The maximum absolute atomic E-state index is 6.13. The lowest BCUT2D eigenvalue weighted by atomic mass is 10.2. The predicted molar refractivity (Wildman–Crippen MR) is 79.6 cm³/mol. The molecule has 0 saturated carbocycles. The quantitative estimate of drug-likeness (QED) is 0.717. The van der Waals surface area contributed by atoms with Crippen molar-refractivity contribution in [3.63, 3.8) is 0 Å². The molecule has 4 nitrogen and oxygen atoms in total. The highest BCUT2D eigenvalue weighted by Crippen LogP contribution is 2.33. The van der Waals surface area contributed by atoms with E-state index in [1.807, 2.05) is 12.1 Å². The first-order valence-corrected chi connectivity index (χ1v) is 6.55. The molecule has 100 valence electrons. The Kier molecular flexibility index (Phi) is 3.34. The Morgan fingerprint density at radius 2 is 1.75 bits per heavy atom. The van der Waals surface area contributed by atoms with E-state index in [0.29, 0.717) is 33.0 Å². The van der Waals surface area contributed by atoms with Gasteiger partial charge in [-0.15, -0.1) is 0 Å². The van der Waals surface area contributed by atoms with Crippen molar-refractivity contribution in [3.05, 3.63) is 52.5 Å². The summed E-state index contributed by atoms with van der Waals surface area (Å²) in [6.07, 6.45) is 0. The molecule has 0 amide bonds. The van der Waals surface area contributed by atoms with Gasteiger partial charge < -0.3 is 10.3 Å². The fraction of sp³-hybridized carbons (Fsp3) is 0. The summed E-state index contributed by atoms with van der Waals surface area (Å²) in [5, 5.41) is 4.77. The van der Waals surface area contributed by atoms with Gasteiger partial charge in [0.1, 0.15) is 0 Å². The number of nitrogen functional groups attached to an aromatic ring is 1. The first-order chi connectivity index (χ1) is 9.65. The van der Waals surface area contributed by atoms with Crippen LogP contribution in [0.5, 0.6) is 0 Å². The van der Waals surface area contributed by atoms with Gasteiger partial charge >= 0.3 is 0 Å². The number of benzene rings is 2. The molecule has 2 N–H and O–H groups in total. The van der Waals surface area contributed by atoms with Gasteiger partial charge in [-0.05, 0) is 36.4 Å². The second kappa shape index (κ2) is 5.15. The Morgan fingerprint density at radius 3 is 2.50 bits per heavy atom. The number of nitrogens with zero attached hydrogens (tertiary/aromatic N) is 2. The summed E-state index contributed by atoms with van der Waals surface area (Å²) < 4.78 is 5.24. The van der Waals surface area contributed by atoms with Crippen LogP contribution in [0.25, 0.3) is 22.8 Å². The molecule has 2 aromatic carbocycles. The van der Waals surface area contributed by atoms with E-state index < -0.39 is 0 Å². The number of hydrogen-bond acceptors (Lipinski definition) is 4. The van der Waals surface area contributed by atoms with Crippen LogP contribution in [0.1, 0.15) is 0 Å². The van der Waals surface area contributed by atoms with Crippen molar-refractivity contribution >= 4 is 28.9 Å². The van der Waals surface area contributed by atoms with Crippen molar-refractivity contribution < 1.29 is 4.52 Å². The molecule has 0 saturated heterocycles. The summed E-state index contributed by atoms with van der Waals surface area (Å²) in [5.41, 5.74) is 7.73. The van der Waals surface area contributed by atoms with Gasteiger partial charge in [-0.25, -0.2) is 0 Å². The van der Waals surface area contributed by atoms with Crippen molar-refractivity contribution in [2.24, 2.45) is 0 Å². The lowest BCUT2D eigenvalue weighted by molar-refractivity contribution is 0.432. The van der Waals surface area contributed by atoms with Crippen LogP contribution >= 0.6 is 23.2 Å². The Hall–Kier alpha value is -2.04. The number of hydrogen-bond donors (Lipinski definition) is 1. The van der Waals surface area contributed by atoms with E-state index in [0.717, 1.165) is 5.56 Å². The number of nitrogens with two attached hydrogens (primary N) is 1. The average molecular weight is 306 g/mol. The van der Waals surface area contributed by atoms with E-state index in [2.05, 4.69) is 10.1 Å². The zero-order valence-corrected chi connectivity index (χ0v) is 11.7. The van der Waals surface area contributed by atoms with Crippen LogP contribution in [0.15, 0.2) is 47.0 Å². The summed E-state index contributed by atoms with van der Waals surface area (Å²) in [6, 6.07) is 12.4. The van der Waals surface area contributed by atoms with Crippen LogP contribution in [0.3, 0.4) is 0 Å². The summed E-state index contributed by atoms with van der Waals surface area (Å²) >= 11 is 12.1. The number of rotatable bonds is 2. The summed E-state index contributed by atoms with van der Waals surface area (Å²) in [4.78, 5) is 4.32. The van der Waals surface area contributed by atoms with E-state index in [1.165, 1.54) is 0 Å². The minimum absolute atomic E-state index is 0.323. The van der Waals surface area contributed by atoms with Gasteiger partial charge in [-0.1, -0.05) is 34.4 Å². The molecule has 0 unspecified atom stereocenters. The van der Waals surface area contributed by atoms with Crippen molar-refractivity contribution in [2.45, 2.75) is 0 Å². The Balaban J connectivity index is 2.02. The Morgan fingerprint density at radius 1 is 1.00 bits per heavy atom. The lowest BCUT2D eigenvalue weighted by Gasteiger charge is -1.99. The molecule has 0 bridgehead atoms. The second-order valence-corrected chi connectivity index (χ2v) is 4.93. The molecule has 0 fully saturated rings. The van der Waals surface area contributed by atoms with Crippen molar-refractivity contribution in [1.29, 1.82) is 0 Å². The van der Waals surface area contributed by atoms with E-state index >= 15 is 0 Å². The van der Waals surface area contributed by atoms with Crippen molar-refractivity contribution in [3.8, 4) is 22.8 Å². The molecule has 0 atom stereocenters. The molecule has 6 heteroatoms. The Labute approximate surface area is 125 Å². The largest absolute Gasteiger partial charge is 0.399 e. The number of aromatic nitrogens is 2. The zero-order valence-electron chi connectivity index (χ0n) is 10.2. The molecule has 0 aliphatic heterocycles. The predicted octanol–water partition coefficient (Wildman–Crippen LogP) is 4.29. The van der Waals surface area contributed by atoms with Crippen LogP contribution in [0.4, 0.5) is 5.69 Å². The second-order valence-electron chi connectivity index (χ2n) is 4.15. The van der Waals surface area contributed by atoms with Crippen LogP contribution < -0.4 is 5.73 Å². The molecule has 20 heavy (non-hydrogen) atoms. The smallest absolute Gasteiger partial charge is 0.259 e. The first kappa shape index (κ1) is 13.0. The topological polar surface area (TPSA) is 64.9 Å². The fourth-order valence-corrected chi connectivity index (χ4v) is 2.13. The molecule has 0 spiro atoms. The van der Waals surface area contributed by atoms with E-state index in [4.69, 9.17) is 33.5 Å². The highest BCUT2D eigenvalue weighted by molar-refractivity contribution is 6.43. The molecule has 1 heterocycles. The van der Waals surface area contributed by atoms with Crippen molar-refractivity contribution in [1.82, 2.24) is 10.1 Å². The molecule has 0 aliphatic carbocycles. The monoisotopic (exact) mass is 305 g/mol. The van der Waals surface area contributed by atoms with E-state index in [9.17, 15) is 0 Å². The minimum atomic E-state index is 0.323. The first-order valence-electron chi connectivity index (χ1n) is 5.79. The standard InChI is InChI=1S/C14H9Cl2N3O/c15-11-3-1-2-10(12(11)16)14-18-13(19-20-14)8-4-6-9(17)7-5-8/h1-7H,17H2. The molecule has 3 aromatic rings. The third-order valence-corrected chi connectivity index (χ3v) is 3.60. The maximum Gasteiger partial charge on any atom is 0.259 e. The summed E-state index contributed by atoms with van der Waals surface area (Å²) in [6.45, 7) is 0. The highest BCUT2D eigenvalue weighted by atomic mass is 35.5. The highest BCUT2D eigenvalue weighted by Gasteiger charge is 2.14. The van der Waals surface area contributed by atoms with Gasteiger partial charge in [-0.3, -0.25) is 0 Å². The van der Waals surface area contributed by atoms with Crippen LogP contribution in [0.2, 0.25) is 10.0 Å². The van der Waals surface area contributed by atoms with Crippen LogP contribution in [0, 0.1) is 0 Å². The van der Waals surface area contributed by atoms with E-state index in [-0.39, 0.29) is 0 Å². The number of anilines is 1. The molecule has 0 radical (unpaired) electrons. The molecule has 3 rings (SSSR count). The average Bonchev–Trinajstić information content (AvgIpc) is 2.92. The van der Waals surface area contributed by atoms with E-state index in [1.54, 1.807) is 30.3 Å². The van der Waals surface area contributed by atoms with Gasteiger partial charge in [0.2, 0.25) is 5.82 Å².